The number of ether oxygens (including phenoxy) is 1. The van der Waals surface area contributed by atoms with E-state index in [0.29, 0.717) is 6.61 Å². The number of thiocyanates is 1. The monoisotopic (exact) mass is 159 g/mol. The second-order valence-electron chi connectivity index (χ2n) is 1.60. The van der Waals surface area contributed by atoms with Gasteiger partial charge in [0.25, 0.3) is 0 Å². The summed E-state index contributed by atoms with van der Waals surface area (Å²) in [6.07, 6.45) is 0. The van der Waals surface area contributed by atoms with Crippen molar-refractivity contribution in [1.82, 2.24) is 0 Å². The molecule has 0 radical (unpaired) electrons. The third-order valence-electron chi connectivity index (χ3n) is 0.848. The second kappa shape index (κ2) is 5.12. The first-order valence-corrected chi connectivity index (χ1v) is 3.81. The van der Waals surface area contributed by atoms with Crippen LogP contribution in [-0.2, 0) is 9.53 Å². The molecule has 0 aromatic rings. The van der Waals surface area contributed by atoms with Crippen molar-refractivity contribution in [3.63, 3.8) is 0 Å². The molecule has 56 valence electrons. The molecule has 0 aromatic carbocycles. The highest BCUT2D eigenvalue weighted by Crippen LogP contribution is 2.08. The van der Waals surface area contributed by atoms with Crippen LogP contribution in [0.25, 0.3) is 0 Å². The van der Waals surface area contributed by atoms with Crippen LogP contribution in [0.1, 0.15) is 13.8 Å². The van der Waals surface area contributed by atoms with Crippen molar-refractivity contribution >= 4 is 17.7 Å². The van der Waals surface area contributed by atoms with E-state index >= 15 is 0 Å². The van der Waals surface area contributed by atoms with Gasteiger partial charge in [-0.25, -0.2) is 0 Å². The van der Waals surface area contributed by atoms with E-state index in [1.165, 1.54) is 0 Å². The molecule has 0 aliphatic carbocycles. The standard InChI is InChI=1S/C6H9NO2S/c1-3-9-6(8)5(2)10-4-7/h5H,3H2,1-2H3/t5-/m1/s1. The van der Waals surface area contributed by atoms with Crippen LogP contribution in [0.5, 0.6) is 0 Å². The third-order valence-corrected chi connectivity index (χ3v) is 1.50. The fraction of sp³-hybridized carbons (Fsp3) is 0.667. The average molecular weight is 159 g/mol. The molecule has 0 amide bonds. The Balaban J connectivity index is 3.62. The fourth-order valence-corrected chi connectivity index (χ4v) is 0.709. The topological polar surface area (TPSA) is 50.1 Å². The molecule has 0 heterocycles. The third kappa shape index (κ3) is 3.36. The SMILES string of the molecule is CCOC(=O)[C@@H](C)SC#N. The Morgan fingerprint density at radius 3 is 2.90 bits per heavy atom. The molecule has 0 rings (SSSR count). The van der Waals surface area contributed by atoms with E-state index in [4.69, 9.17) is 5.26 Å². The van der Waals surface area contributed by atoms with E-state index in [-0.39, 0.29) is 11.2 Å². The molecule has 0 aliphatic heterocycles. The summed E-state index contributed by atoms with van der Waals surface area (Å²) in [7, 11) is 0. The molecule has 3 nitrogen and oxygen atoms in total. The summed E-state index contributed by atoms with van der Waals surface area (Å²) in [5.41, 5.74) is 0. The summed E-state index contributed by atoms with van der Waals surface area (Å²) in [6, 6.07) is 0. The molecule has 10 heavy (non-hydrogen) atoms. The fourth-order valence-electron chi connectivity index (χ4n) is 0.387. The molecule has 0 unspecified atom stereocenters. The smallest absolute Gasteiger partial charge is 0.319 e. The summed E-state index contributed by atoms with van der Waals surface area (Å²) in [5.74, 6) is -0.325. The lowest BCUT2D eigenvalue weighted by Gasteiger charge is -2.03. The van der Waals surface area contributed by atoms with E-state index in [1.807, 2.05) is 5.40 Å². The van der Waals surface area contributed by atoms with Crippen molar-refractivity contribution in [1.29, 1.82) is 5.26 Å². The first-order valence-electron chi connectivity index (χ1n) is 2.93. The Bertz CT molecular complexity index is 152. The Hall–Kier alpha value is -0.690. The number of hydrogen-bond donors (Lipinski definition) is 0. The van der Waals surface area contributed by atoms with E-state index in [1.54, 1.807) is 13.8 Å². The molecular weight excluding hydrogens is 150 g/mol. The van der Waals surface area contributed by atoms with Gasteiger partial charge in [0.2, 0.25) is 0 Å². The van der Waals surface area contributed by atoms with Crippen LogP contribution >= 0.6 is 11.8 Å². The van der Waals surface area contributed by atoms with Gasteiger partial charge in [-0.15, -0.1) is 0 Å². The lowest BCUT2D eigenvalue weighted by atomic mass is 10.5. The van der Waals surface area contributed by atoms with E-state index in [2.05, 4.69) is 4.74 Å². The lowest BCUT2D eigenvalue weighted by Crippen LogP contribution is -2.15. The Morgan fingerprint density at radius 2 is 2.50 bits per heavy atom. The Morgan fingerprint density at radius 1 is 1.90 bits per heavy atom. The number of nitrogens with zero attached hydrogens (tertiary/aromatic N) is 1. The summed E-state index contributed by atoms with van der Waals surface area (Å²) < 4.78 is 4.65. The predicted molar refractivity (Wildman–Crippen MR) is 39.3 cm³/mol. The van der Waals surface area contributed by atoms with Gasteiger partial charge < -0.3 is 4.74 Å². The van der Waals surface area contributed by atoms with E-state index in [9.17, 15) is 4.79 Å². The number of carbonyl (C=O) groups excluding carboxylic acids is 1. The molecular formula is C6H9NO2S. The lowest BCUT2D eigenvalue weighted by molar-refractivity contribution is -0.142. The van der Waals surface area contributed by atoms with Crippen LogP contribution in [0.4, 0.5) is 0 Å². The Kier molecular flexibility index (Phi) is 4.77. The number of esters is 1. The van der Waals surface area contributed by atoms with Gasteiger partial charge >= 0.3 is 5.97 Å². The zero-order valence-corrected chi connectivity index (χ0v) is 6.77. The maximum atomic E-state index is 10.7. The number of rotatable bonds is 3. The number of carbonyl (C=O) groups is 1. The van der Waals surface area contributed by atoms with Gasteiger partial charge in [-0.2, -0.15) is 5.26 Å². The van der Waals surface area contributed by atoms with Crippen LogP contribution in [0, 0.1) is 10.7 Å². The van der Waals surface area contributed by atoms with E-state index < -0.39 is 0 Å². The van der Waals surface area contributed by atoms with Gasteiger partial charge in [0.05, 0.1) is 6.61 Å². The van der Waals surface area contributed by atoms with Gasteiger partial charge in [-0.3, -0.25) is 4.79 Å². The molecule has 0 bridgehead atoms. The van der Waals surface area contributed by atoms with Crippen LogP contribution in [0.3, 0.4) is 0 Å². The molecule has 0 saturated carbocycles. The zero-order valence-electron chi connectivity index (χ0n) is 5.96. The van der Waals surface area contributed by atoms with Gasteiger partial charge in [0.15, 0.2) is 0 Å². The molecule has 0 spiro atoms. The van der Waals surface area contributed by atoms with Gasteiger partial charge in [0.1, 0.15) is 10.7 Å². The number of nitriles is 1. The summed E-state index contributed by atoms with van der Waals surface area (Å²) >= 11 is 0.910. The van der Waals surface area contributed by atoms with E-state index in [0.717, 1.165) is 11.8 Å². The average Bonchev–Trinajstić information content (AvgIpc) is 1.89. The highest BCUT2D eigenvalue weighted by molar-refractivity contribution is 8.04. The highest BCUT2D eigenvalue weighted by atomic mass is 32.2. The van der Waals surface area contributed by atoms with Crippen LogP contribution in [-0.4, -0.2) is 17.8 Å². The molecule has 0 N–H and O–H groups in total. The van der Waals surface area contributed by atoms with Crippen molar-refractivity contribution in [2.24, 2.45) is 0 Å². The first-order chi connectivity index (χ1) is 4.72. The van der Waals surface area contributed by atoms with Gasteiger partial charge in [0, 0.05) is 0 Å². The van der Waals surface area contributed by atoms with Crippen molar-refractivity contribution in [2.45, 2.75) is 19.1 Å². The highest BCUT2D eigenvalue weighted by Gasteiger charge is 2.13. The van der Waals surface area contributed by atoms with Crippen LogP contribution < -0.4 is 0 Å². The number of thioether (sulfide) groups is 1. The minimum absolute atomic E-state index is 0.325. The minimum Gasteiger partial charge on any atom is -0.465 e. The predicted octanol–water partition coefficient (Wildman–Crippen LogP) is 1.15. The van der Waals surface area contributed by atoms with Crippen LogP contribution in [0.2, 0.25) is 0 Å². The van der Waals surface area contributed by atoms with Crippen LogP contribution in [0.15, 0.2) is 0 Å². The largest absolute Gasteiger partial charge is 0.465 e. The quantitative estimate of drug-likeness (QED) is 0.458. The second-order valence-corrected chi connectivity index (χ2v) is 2.73. The maximum absolute atomic E-state index is 10.7. The molecule has 0 aromatic heterocycles. The zero-order chi connectivity index (χ0) is 7.98. The summed E-state index contributed by atoms with van der Waals surface area (Å²) in [5, 5.41) is 9.61. The van der Waals surface area contributed by atoms with Crippen molar-refractivity contribution in [3.05, 3.63) is 0 Å². The normalized spacial score (nSPS) is 11.7. The van der Waals surface area contributed by atoms with Crippen molar-refractivity contribution in [2.75, 3.05) is 6.61 Å². The Labute approximate surface area is 64.4 Å². The van der Waals surface area contributed by atoms with Crippen molar-refractivity contribution < 1.29 is 9.53 Å². The van der Waals surface area contributed by atoms with Gasteiger partial charge in [-0.05, 0) is 25.6 Å². The minimum atomic E-state index is -0.370. The summed E-state index contributed by atoms with van der Waals surface area (Å²) in [4.78, 5) is 10.7. The molecule has 0 fully saturated rings. The molecule has 0 saturated heterocycles. The van der Waals surface area contributed by atoms with Crippen molar-refractivity contribution in [3.8, 4) is 5.40 Å². The molecule has 4 heteroatoms. The molecule has 1 atom stereocenters. The maximum Gasteiger partial charge on any atom is 0.319 e. The van der Waals surface area contributed by atoms with Gasteiger partial charge in [-0.1, -0.05) is 0 Å². The first kappa shape index (κ1) is 9.31. The molecule has 0 aliphatic rings. The number of hydrogen-bond acceptors (Lipinski definition) is 4. The summed E-state index contributed by atoms with van der Waals surface area (Å²) in [6.45, 7) is 3.75.